The highest BCUT2D eigenvalue weighted by atomic mass is 16.3. The summed E-state index contributed by atoms with van der Waals surface area (Å²) in [6, 6.07) is 0.104. The molecule has 0 aromatic heterocycles. The van der Waals surface area contributed by atoms with Crippen molar-refractivity contribution in [2.45, 2.75) is 44.4 Å². The van der Waals surface area contributed by atoms with Crippen LogP contribution in [0.5, 0.6) is 0 Å². The molecule has 1 saturated heterocycles. The summed E-state index contributed by atoms with van der Waals surface area (Å²) in [6.07, 6.45) is 2.63. The molecule has 1 saturated carbocycles. The standard InChI is InChI=1S/C12H23N3O2/c1-9(16)14-5-7-15(8-6-14)11-4-2-3-10(13)12(11)17/h10-12,17H,2-8,13H2,1H3/t10-,11-,12-/m1/s1. The highest BCUT2D eigenvalue weighted by Crippen LogP contribution is 2.23. The van der Waals surface area contributed by atoms with Crippen molar-refractivity contribution in [2.24, 2.45) is 5.73 Å². The number of carbonyl (C=O) groups excluding carboxylic acids is 1. The number of carbonyl (C=O) groups is 1. The van der Waals surface area contributed by atoms with E-state index in [2.05, 4.69) is 4.90 Å². The zero-order valence-corrected chi connectivity index (χ0v) is 10.5. The molecule has 5 heteroatoms. The van der Waals surface area contributed by atoms with Crippen molar-refractivity contribution in [3.63, 3.8) is 0 Å². The van der Waals surface area contributed by atoms with E-state index >= 15 is 0 Å². The molecule has 2 aliphatic rings. The van der Waals surface area contributed by atoms with Gasteiger partial charge in [0.1, 0.15) is 0 Å². The smallest absolute Gasteiger partial charge is 0.219 e. The molecular weight excluding hydrogens is 218 g/mol. The molecule has 0 aromatic carbocycles. The number of rotatable bonds is 1. The first-order chi connectivity index (χ1) is 8.09. The lowest BCUT2D eigenvalue weighted by molar-refractivity contribution is -0.131. The van der Waals surface area contributed by atoms with Crippen LogP contribution in [0.3, 0.4) is 0 Å². The fourth-order valence-electron chi connectivity index (χ4n) is 2.96. The maximum Gasteiger partial charge on any atom is 0.219 e. The van der Waals surface area contributed by atoms with Gasteiger partial charge in [0.05, 0.1) is 6.10 Å². The van der Waals surface area contributed by atoms with Crippen LogP contribution in [0, 0.1) is 0 Å². The summed E-state index contributed by atoms with van der Waals surface area (Å²) in [4.78, 5) is 15.4. The Balaban J connectivity index is 1.89. The van der Waals surface area contributed by atoms with E-state index in [1.54, 1.807) is 6.92 Å². The average Bonchev–Trinajstić information content (AvgIpc) is 2.33. The summed E-state index contributed by atoms with van der Waals surface area (Å²) < 4.78 is 0. The SMILES string of the molecule is CC(=O)N1CCN([C@@H]2CCC[C@@H](N)[C@H]2O)CC1. The van der Waals surface area contributed by atoms with E-state index in [1.807, 2.05) is 4.90 Å². The largest absolute Gasteiger partial charge is 0.390 e. The van der Waals surface area contributed by atoms with Crippen molar-refractivity contribution in [3.05, 3.63) is 0 Å². The van der Waals surface area contributed by atoms with Crippen molar-refractivity contribution < 1.29 is 9.90 Å². The molecule has 1 aliphatic carbocycles. The summed E-state index contributed by atoms with van der Waals surface area (Å²) in [7, 11) is 0. The van der Waals surface area contributed by atoms with Crippen LogP contribution in [0.25, 0.3) is 0 Å². The molecule has 1 amide bonds. The number of nitrogens with zero attached hydrogens (tertiary/aromatic N) is 2. The zero-order chi connectivity index (χ0) is 12.4. The van der Waals surface area contributed by atoms with Gasteiger partial charge < -0.3 is 15.7 Å². The molecule has 0 radical (unpaired) electrons. The van der Waals surface area contributed by atoms with E-state index in [4.69, 9.17) is 5.73 Å². The van der Waals surface area contributed by atoms with E-state index in [9.17, 15) is 9.90 Å². The molecule has 1 heterocycles. The van der Waals surface area contributed by atoms with Gasteiger partial charge in [-0.25, -0.2) is 0 Å². The zero-order valence-electron chi connectivity index (χ0n) is 10.5. The Morgan fingerprint density at radius 3 is 2.47 bits per heavy atom. The van der Waals surface area contributed by atoms with Gasteiger partial charge in [0, 0.05) is 45.2 Å². The molecule has 2 rings (SSSR count). The molecule has 3 atom stereocenters. The quantitative estimate of drug-likeness (QED) is 0.642. The number of nitrogens with two attached hydrogens (primary N) is 1. The van der Waals surface area contributed by atoms with Crippen LogP contribution in [-0.4, -0.2) is 65.2 Å². The molecule has 1 aliphatic heterocycles. The fourth-order valence-corrected chi connectivity index (χ4v) is 2.96. The molecule has 2 fully saturated rings. The lowest BCUT2D eigenvalue weighted by Crippen LogP contribution is -2.59. The molecule has 5 nitrogen and oxygen atoms in total. The topological polar surface area (TPSA) is 69.8 Å². The Bertz CT molecular complexity index is 277. The van der Waals surface area contributed by atoms with E-state index in [0.29, 0.717) is 0 Å². The Morgan fingerprint density at radius 1 is 1.24 bits per heavy atom. The second kappa shape index (κ2) is 5.33. The lowest BCUT2D eigenvalue weighted by atomic mass is 9.87. The van der Waals surface area contributed by atoms with Crippen LogP contribution in [-0.2, 0) is 4.79 Å². The number of amides is 1. The highest BCUT2D eigenvalue weighted by Gasteiger charge is 2.35. The minimum absolute atomic E-state index is 0.0837. The van der Waals surface area contributed by atoms with Crippen molar-refractivity contribution >= 4 is 5.91 Å². The second-order valence-electron chi connectivity index (χ2n) is 5.19. The van der Waals surface area contributed by atoms with Gasteiger partial charge in [-0.3, -0.25) is 9.69 Å². The number of aliphatic hydroxyl groups excluding tert-OH is 1. The summed E-state index contributed by atoms with van der Waals surface area (Å²) in [5.41, 5.74) is 5.91. The van der Waals surface area contributed by atoms with Crippen LogP contribution in [0.15, 0.2) is 0 Å². The third kappa shape index (κ3) is 2.78. The van der Waals surface area contributed by atoms with Crippen LogP contribution in [0.4, 0.5) is 0 Å². The Morgan fingerprint density at radius 2 is 1.88 bits per heavy atom. The number of hydrogen-bond donors (Lipinski definition) is 2. The van der Waals surface area contributed by atoms with Gasteiger partial charge >= 0.3 is 0 Å². The van der Waals surface area contributed by atoms with Gasteiger partial charge in [-0.1, -0.05) is 6.42 Å². The van der Waals surface area contributed by atoms with Gasteiger partial charge in [0.25, 0.3) is 0 Å². The molecule has 17 heavy (non-hydrogen) atoms. The first-order valence-corrected chi connectivity index (χ1v) is 6.53. The molecule has 0 spiro atoms. The van der Waals surface area contributed by atoms with Crippen LogP contribution < -0.4 is 5.73 Å². The van der Waals surface area contributed by atoms with E-state index < -0.39 is 6.10 Å². The Hall–Kier alpha value is -0.650. The van der Waals surface area contributed by atoms with Gasteiger partial charge in [-0.2, -0.15) is 0 Å². The van der Waals surface area contributed by atoms with Gasteiger partial charge in [0.2, 0.25) is 5.91 Å². The predicted octanol–water partition coefficient (Wildman–Crippen LogP) is -0.609. The summed E-state index contributed by atoms with van der Waals surface area (Å²) >= 11 is 0. The molecule has 0 bridgehead atoms. The second-order valence-corrected chi connectivity index (χ2v) is 5.19. The fraction of sp³-hybridized carbons (Fsp3) is 0.917. The van der Waals surface area contributed by atoms with Crippen molar-refractivity contribution in [2.75, 3.05) is 26.2 Å². The average molecular weight is 241 g/mol. The minimum Gasteiger partial charge on any atom is -0.390 e. The van der Waals surface area contributed by atoms with Crippen LogP contribution in [0.2, 0.25) is 0 Å². The third-order valence-electron chi connectivity index (χ3n) is 4.10. The Kier molecular flexibility index (Phi) is 4.01. The first kappa shape index (κ1) is 12.8. The monoisotopic (exact) mass is 241 g/mol. The molecular formula is C12H23N3O2. The van der Waals surface area contributed by atoms with Gasteiger partial charge in [0.15, 0.2) is 0 Å². The first-order valence-electron chi connectivity index (χ1n) is 6.53. The predicted molar refractivity (Wildman–Crippen MR) is 65.4 cm³/mol. The summed E-state index contributed by atoms with van der Waals surface area (Å²) in [5.74, 6) is 0.144. The van der Waals surface area contributed by atoms with E-state index in [-0.39, 0.29) is 18.0 Å². The molecule has 98 valence electrons. The Labute approximate surface area is 103 Å². The van der Waals surface area contributed by atoms with Gasteiger partial charge in [-0.15, -0.1) is 0 Å². The van der Waals surface area contributed by atoms with Gasteiger partial charge in [-0.05, 0) is 12.8 Å². The third-order valence-corrected chi connectivity index (χ3v) is 4.10. The highest BCUT2D eigenvalue weighted by molar-refractivity contribution is 5.73. The maximum absolute atomic E-state index is 11.2. The summed E-state index contributed by atoms with van der Waals surface area (Å²) in [6.45, 7) is 4.87. The van der Waals surface area contributed by atoms with Crippen molar-refractivity contribution in [3.8, 4) is 0 Å². The molecule has 3 N–H and O–H groups in total. The van der Waals surface area contributed by atoms with Crippen LogP contribution >= 0.6 is 0 Å². The minimum atomic E-state index is -0.410. The molecule has 0 unspecified atom stereocenters. The number of hydrogen-bond acceptors (Lipinski definition) is 4. The van der Waals surface area contributed by atoms with E-state index in [1.165, 1.54) is 0 Å². The van der Waals surface area contributed by atoms with E-state index in [0.717, 1.165) is 45.4 Å². The van der Waals surface area contributed by atoms with Crippen molar-refractivity contribution in [1.29, 1.82) is 0 Å². The number of piperazine rings is 1. The van der Waals surface area contributed by atoms with Crippen molar-refractivity contribution in [1.82, 2.24) is 9.80 Å². The molecule has 0 aromatic rings. The summed E-state index contributed by atoms with van der Waals surface area (Å²) in [5, 5.41) is 10.1. The normalized spacial score (nSPS) is 35.9. The lowest BCUT2D eigenvalue weighted by Gasteiger charge is -2.44. The number of aliphatic hydroxyl groups is 1. The maximum atomic E-state index is 11.2. The van der Waals surface area contributed by atoms with Crippen LogP contribution in [0.1, 0.15) is 26.2 Å².